The second-order valence-corrected chi connectivity index (χ2v) is 3.12. The smallest absolute Gasteiger partial charge is 0.303 e. The number of aromatic nitrogens is 1. The zero-order valence-electron chi connectivity index (χ0n) is 7.85. The van der Waals surface area contributed by atoms with Crippen molar-refractivity contribution in [3.63, 3.8) is 0 Å². The molecule has 0 aliphatic rings. The van der Waals surface area contributed by atoms with E-state index < -0.39 is 5.97 Å². The van der Waals surface area contributed by atoms with E-state index in [1.807, 2.05) is 4.57 Å². The quantitative estimate of drug-likeness (QED) is 0.716. The first kappa shape index (κ1) is 10.5. The summed E-state index contributed by atoms with van der Waals surface area (Å²) in [6.45, 7) is 0.757. The van der Waals surface area contributed by atoms with E-state index >= 15 is 0 Å². The number of pyridine rings is 1. The van der Waals surface area contributed by atoms with Crippen molar-refractivity contribution in [2.45, 2.75) is 25.8 Å². The predicted molar refractivity (Wildman–Crippen MR) is 52.2 cm³/mol. The van der Waals surface area contributed by atoms with Crippen molar-refractivity contribution < 1.29 is 9.90 Å². The Balaban J connectivity index is 2.28. The average molecular weight is 195 g/mol. The Morgan fingerprint density at radius 2 is 1.93 bits per heavy atom. The second kappa shape index (κ2) is 5.21. The molecule has 4 heteroatoms. The van der Waals surface area contributed by atoms with Gasteiger partial charge in [-0.1, -0.05) is 0 Å². The molecule has 0 saturated carbocycles. The standard InChI is InChI=1S/C10H13NO3/c12-9-4-7-11(8-5-9)6-2-1-3-10(13)14/h4-5,7-8H,1-3,6H2,(H,13,14). The van der Waals surface area contributed by atoms with Crippen molar-refractivity contribution in [2.75, 3.05) is 0 Å². The van der Waals surface area contributed by atoms with Gasteiger partial charge in [-0.25, -0.2) is 0 Å². The number of hydrogen-bond donors (Lipinski definition) is 1. The summed E-state index contributed by atoms with van der Waals surface area (Å²) in [6.07, 6.45) is 5.11. The molecule has 1 aromatic heterocycles. The molecule has 76 valence electrons. The summed E-state index contributed by atoms with van der Waals surface area (Å²) < 4.78 is 1.88. The summed E-state index contributed by atoms with van der Waals surface area (Å²) in [4.78, 5) is 21.0. The number of hydrogen-bond acceptors (Lipinski definition) is 2. The molecule has 0 spiro atoms. The summed E-state index contributed by atoms with van der Waals surface area (Å²) in [5.74, 6) is -0.759. The van der Waals surface area contributed by atoms with Crippen LogP contribution in [-0.4, -0.2) is 15.6 Å². The first-order valence-corrected chi connectivity index (χ1v) is 4.56. The van der Waals surface area contributed by atoms with Gasteiger partial charge in [-0.2, -0.15) is 0 Å². The third-order valence-electron chi connectivity index (χ3n) is 1.92. The number of unbranched alkanes of at least 4 members (excludes halogenated alkanes) is 1. The van der Waals surface area contributed by atoms with E-state index in [4.69, 9.17) is 5.11 Å². The van der Waals surface area contributed by atoms with E-state index in [-0.39, 0.29) is 11.8 Å². The van der Waals surface area contributed by atoms with E-state index in [9.17, 15) is 9.59 Å². The molecule has 0 aromatic carbocycles. The Kier molecular flexibility index (Phi) is 3.91. The number of aliphatic carboxylic acids is 1. The van der Waals surface area contributed by atoms with E-state index in [1.165, 1.54) is 12.1 Å². The maximum atomic E-state index is 10.7. The Bertz CT molecular complexity index is 336. The van der Waals surface area contributed by atoms with E-state index in [0.29, 0.717) is 6.42 Å². The lowest BCUT2D eigenvalue weighted by molar-refractivity contribution is -0.137. The lowest BCUT2D eigenvalue weighted by atomic mass is 10.2. The average Bonchev–Trinajstić information content (AvgIpc) is 2.15. The van der Waals surface area contributed by atoms with Gasteiger partial charge in [-0.05, 0) is 12.8 Å². The first-order chi connectivity index (χ1) is 6.68. The molecule has 4 nitrogen and oxygen atoms in total. The Hall–Kier alpha value is -1.58. The van der Waals surface area contributed by atoms with Crippen molar-refractivity contribution in [2.24, 2.45) is 0 Å². The molecule has 1 rings (SSSR count). The highest BCUT2D eigenvalue weighted by Crippen LogP contribution is 1.98. The monoisotopic (exact) mass is 195 g/mol. The summed E-state index contributed by atoms with van der Waals surface area (Å²) in [7, 11) is 0. The maximum Gasteiger partial charge on any atom is 0.303 e. The van der Waals surface area contributed by atoms with Crippen LogP contribution in [0.15, 0.2) is 29.3 Å². The van der Waals surface area contributed by atoms with Gasteiger partial charge in [0.1, 0.15) is 0 Å². The van der Waals surface area contributed by atoms with Crippen LogP contribution >= 0.6 is 0 Å². The number of rotatable bonds is 5. The van der Waals surface area contributed by atoms with Crippen LogP contribution < -0.4 is 5.43 Å². The van der Waals surface area contributed by atoms with Crippen molar-refractivity contribution in [1.82, 2.24) is 4.57 Å². The molecule has 0 aliphatic heterocycles. The highest BCUT2D eigenvalue weighted by atomic mass is 16.4. The normalized spacial score (nSPS) is 10.0. The van der Waals surface area contributed by atoms with Gasteiger partial charge >= 0.3 is 5.97 Å². The molecule has 0 bridgehead atoms. The van der Waals surface area contributed by atoms with E-state index in [1.54, 1.807) is 12.4 Å². The van der Waals surface area contributed by atoms with Gasteiger partial charge < -0.3 is 9.67 Å². The number of carbonyl (C=O) groups is 1. The Labute approximate surface area is 81.8 Å². The highest BCUT2D eigenvalue weighted by Gasteiger charge is 1.96. The Morgan fingerprint density at radius 1 is 1.29 bits per heavy atom. The molecule has 1 heterocycles. The van der Waals surface area contributed by atoms with Crippen LogP contribution in [0.4, 0.5) is 0 Å². The molecule has 0 fully saturated rings. The minimum Gasteiger partial charge on any atom is -0.481 e. The number of carboxylic acid groups (broad SMARTS) is 1. The SMILES string of the molecule is O=C(O)CCCCn1ccc(=O)cc1. The number of aryl methyl sites for hydroxylation is 1. The molecular formula is C10H13NO3. The van der Waals surface area contributed by atoms with Gasteiger partial charge in [0.25, 0.3) is 0 Å². The fourth-order valence-corrected chi connectivity index (χ4v) is 1.16. The maximum absolute atomic E-state index is 10.7. The first-order valence-electron chi connectivity index (χ1n) is 4.56. The minimum absolute atomic E-state index is 0.00761. The lowest BCUT2D eigenvalue weighted by Gasteiger charge is -2.03. The molecule has 14 heavy (non-hydrogen) atoms. The molecule has 0 atom stereocenters. The van der Waals surface area contributed by atoms with Crippen molar-refractivity contribution in [3.05, 3.63) is 34.7 Å². The van der Waals surface area contributed by atoms with Crippen molar-refractivity contribution in [1.29, 1.82) is 0 Å². The zero-order chi connectivity index (χ0) is 10.4. The van der Waals surface area contributed by atoms with E-state index in [2.05, 4.69) is 0 Å². The van der Waals surface area contributed by atoms with Crippen molar-refractivity contribution >= 4 is 5.97 Å². The van der Waals surface area contributed by atoms with Gasteiger partial charge in [0.2, 0.25) is 0 Å². The molecule has 0 saturated heterocycles. The lowest BCUT2D eigenvalue weighted by Crippen LogP contribution is -2.04. The summed E-state index contributed by atoms with van der Waals surface area (Å²) in [6, 6.07) is 2.99. The van der Waals surface area contributed by atoms with Crippen LogP contribution in [0.25, 0.3) is 0 Å². The summed E-state index contributed by atoms with van der Waals surface area (Å²) >= 11 is 0. The number of carboxylic acids is 1. The fourth-order valence-electron chi connectivity index (χ4n) is 1.16. The third-order valence-corrected chi connectivity index (χ3v) is 1.92. The van der Waals surface area contributed by atoms with Crippen LogP contribution in [0.1, 0.15) is 19.3 Å². The highest BCUT2D eigenvalue weighted by molar-refractivity contribution is 5.66. The second-order valence-electron chi connectivity index (χ2n) is 3.12. The van der Waals surface area contributed by atoms with E-state index in [0.717, 1.165) is 13.0 Å². The third kappa shape index (κ3) is 3.89. The zero-order valence-corrected chi connectivity index (χ0v) is 7.85. The number of nitrogens with zero attached hydrogens (tertiary/aromatic N) is 1. The van der Waals surface area contributed by atoms with Crippen LogP contribution in [0.2, 0.25) is 0 Å². The van der Waals surface area contributed by atoms with Crippen LogP contribution in [0, 0.1) is 0 Å². The topological polar surface area (TPSA) is 59.3 Å². The molecular weight excluding hydrogens is 182 g/mol. The van der Waals surface area contributed by atoms with Gasteiger partial charge in [0.15, 0.2) is 5.43 Å². The summed E-state index contributed by atoms with van der Waals surface area (Å²) in [5.41, 5.74) is -0.00761. The molecule has 0 radical (unpaired) electrons. The fraction of sp³-hybridized carbons (Fsp3) is 0.400. The van der Waals surface area contributed by atoms with Gasteiger partial charge in [0, 0.05) is 37.5 Å². The molecule has 0 unspecified atom stereocenters. The Morgan fingerprint density at radius 3 is 2.50 bits per heavy atom. The predicted octanol–water partition coefficient (Wildman–Crippen LogP) is 1.10. The minimum atomic E-state index is -0.759. The van der Waals surface area contributed by atoms with Crippen LogP contribution in [0.3, 0.4) is 0 Å². The molecule has 1 N–H and O–H groups in total. The molecule has 1 aromatic rings. The van der Waals surface area contributed by atoms with Crippen molar-refractivity contribution in [3.8, 4) is 0 Å². The molecule has 0 aliphatic carbocycles. The summed E-state index contributed by atoms with van der Waals surface area (Å²) in [5, 5.41) is 8.40. The van der Waals surface area contributed by atoms with Gasteiger partial charge in [0.05, 0.1) is 0 Å². The van der Waals surface area contributed by atoms with Crippen LogP contribution in [0.5, 0.6) is 0 Å². The van der Waals surface area contributed by atoms with Gasteiger partial charge in [-0.15, -0.1) is 0 Å². The molecule has 0 amide bonds. The van der Waals surface area contributed by atoms with Gasteiger partial charge in [-0.3, -0.25) is 9.59 Å². The largest absolute Gasteiger partial charge is 0.481 e. The van der Waals surface area contributed by atoms with Crippen LogP contribution in [-0.2, 0) is 11.3 Å².